The summed E-state index contributed by atoms with van der Waals surface area (Å²) >= 11 is 0. The van der Waals surface area contributed by atoms with E-state index in [0.29, 0.717) is 0 Å². The van der Waals surface area contributed by atoms with Crippen molar-refractivity contribution in [3.63, 3.8) is 0 Å². The molecule has 0 spiro atoms. The first-order chi connectivity index (χ1) is 7.30. The van der Waals surface area contributed by atoms with Crippen molar-refractivity contribution in [3.8, 4) is 0 Å². The van der Waals surface area contributed by atoms with Crippen LogP contribution in [0.3, 0.4) is 0 Å². The average molecular weight is 210 g/mol. The van der Waals surface area contributed by atoms with Gasteiger partial charge in [0.05, 0.1) is 0 Å². The molecule has 1 aliphatic carbocycles. The molecule has 0 radical (unpaired) electrons. The normalized spacial score (nSPS) is 32.4. The molecule has 0 bridgehead atoms. The van der Waals surface area contributed by atoms with Gasteiger partial charge in [0, 0.05) is 0 Å². The summed E-state index contributed by atoms with van der Waals surface area (Å²) in [6.45, 7) is 4.93. The van der Waals surface area contributed by atoms with Gasteiger partial charge in [0.2, 0.25) is 0 Å². The molecule has 0 aromatic carbocycles. The van der Waals surface area contributed by atoms with E-state index in [1.165, 1.54) is 70.6 Å². The molecule has 90 valence electrons. The predicted molar refractivity (Wildman–Crippen MR) is 69.1 cm³/mol. The summed E-state index contributed by atoms with van der Waals surface area (Å²) in [5.41, 5.74) is 0. The van der Waals surface area contributed by atoms with E-state index < -0.39 is 0 Å². The first kappa shape index (κ1) is 13.1. The van der Waals surface area contributed by atoms with Gasteiger partial charge in [-0.3, -0.25) is 0 Å². The zero-order valence-corrected chi connectivity index (χ0v) is 10.9. The maximum atomic E-state index is 2.46. The Balaban J connectivity index is 2.24. The van der Waals surface area contributed by atoms with Gasteiger partial charge in [0.1, 0.15) is 0 Å². The maximum Gasteiger partial charge on any atom is -0.0417 e. The third-order valence-corrected chi connectivity index (χ3v) is 4.29. The summed E-state index contributed by atoms with van der Waals surface area (Å²) in [5.74, 6) is 1.93. The highest BCUT2D eigenvalue weighted by Gasteiger charge is 2.11. The summed E-state index contributed by atoms with van der Waals surface area (Å²) in [4.78, 5) is 0. The Labute approximate surface area is 96.8 Å². The van der Waals surface area contributed by atoms with Crippen molar-refractivity contribution in [2.24, 2.45) is 11.8 Å². The summed E-state index contributed by atoms with van der Waals surface area (Å²) in [6.07, 6.45) is 16.3. The van der Waals surface area contributed by atoms with Gasteiger partial charge in [-0.05, 0) is 11.8 Å². The Hall–Kier alpha value is 0. The van der Waals surface area contributed by atoms with Crippen LogP contribution in [-0.4, -0.2) is 0 Å². The van der Waals surface area contributed by atoms with E-state index >= 15 is 0 Å². The van der Waals surface area contributed by atoms with Gasteiger partial charge >= 0.3 is 0 Å². The van der Waals surface area contributed by atoms with E-state index in [-0.39, 0.29) is 0 Å². The summed E-state index contributed by atoms with van der Waals surface area (Å²) < 4.78 is 0. The van der Waals surface area contributed by atoms with Gasteiger partial charge in [-0.15, -0.1) is 0 Å². The second-order valence-corrected chi connectivity index (χ2v) is 5.71. The van der Waals surface area contributed by atoms with Gasteiger partial charge in [0.25, 0.3) is 0 Å². The van der Waals surface area contributed by atoms with Crippen molar-refractivity contribution in [3.05, 3.63) is 0 Å². The highest BCUT2D eigenvalue weighted by molar-refractivity contribution is 4.63. The average Bonchev–Trinajstić information content (AvgIpc) is 2.25. The fourth-order valence-corrected chi connectivity index (χ4v) is 2.74. The fourth-order valence-electron chi connectivity index (χ4n) is 2.74. The van der Waals surface area contributed by atoms with Crippen LogP contribution in [0.2, 0.25) is 0 Å². The number of rotatable bonds is 0. The first-order valence-electron chi connectivity index (χ1n) is 7.30. The van der Waals surface area contributed by atoms with E-state index in [0.717, 1.165) is 11.8 Å². The lowest BCUT2D eigenvalue weighted by molar-refractivity contribution is 0.324. The lowest BCUT2D eigenvalue weighted by Crippen LogP contribution is -2.07. The number of hydrogen-bond acceptors (Lipinski definition) is 0. The minimum Gasteiger partial charge on any atom is -0.0623 e. The van der Waals surface area contributed by atoms with Crippen molar-refractivity contribution >= 4 is 0 Å². The molecule has 1 aliphatic rings. The Morgan fingerprint density at radius 2 is 0.733 bits per heavy atom. The lowest BCUT2D eigenvalue weighted by atomic mass is 9.87. The zero-order chi connectivity index (χ0) is 10.9. The van der Waals surface area contributed by atoms with Crippen molar-refractivity contribution in [2.45, 2.75) is 84.5 Å². The van der Waals surface area contributed by atoms with Crippen LogP contribution in [0.25, 0.3) is 0 Å². The predicted octanol–water partition coefficient (Wildman–Crippen LogP) is 5.56. The third-order valence-electron chi connectivity index (χ3n) is 4.29. The SMILES string of the molecule is CC1CCCCCCCCCCCC1C. The topological polar surface area (TPSA) is 0 Å². The van der Waals surface area contributed by atoms with E-state index in [4.69, 9.17) is 0 Å². The lowest BCUT2D eigenvalue weighted by Gasteiger charge is -2.19. The molecule has 1 rings (SSSR count). The van der Waals surface area contributed by atoms with Gasteiger partial charge in [-0.1, -0.05) is 84.5 Å². The van der Waals surface area contributed by atoms with E-state index in [9.17, 15) is 0 Å². The molecular formula is C15H30. The highest BCUT2D eigenvalue weighted by Crippen LogP contribution is 2.24. The molecule has 0 N–H and O–H groups in total. The Morgan fingerprint density at radius 1 is 0.467 bits per heavy atom. The summed E-state index contributed by atoms with van der Waals surface area (Å²) in [6, 6.07) is 0. The van der Waals surface area contributed by atoms with Crippen LogP contribution in [0.15, 0.2) is 0 Å². The van der Waals surface area contributed by atoms with Crippen molar-refractivity contribution < 1.29 is 0 Å². The van der Waals surface area contributed by atoms with E-state index in [1.807, 2.05) is 0 Å². The summed E-state index contributed by atoms with van der Waals surface area (Å²) in [7, 11) is 0. The second kappa shape index (κ2) is 8.19. The molecule has 0 heteroatoms. The largest absolute Gasteiger partial charge is 0.0623 e. The van der Waals surface area contributed by atoms with Crippen molar-refractivity contribution in [2.75, 3.05) is 0 Å². The molecule has 1 fully saturated rings. The Bertz CT molecular complexity index is 123. The molecule has 0 saturated heterocycles. The second-order valence-electron chi connectivity index (χ2n) is 5.71. The molecule has 0 aliphatic heterocycles. The van der Waals surface area contributed by atoms with E-state index in [1.54, 1.807) is 0 Å². The smallest absolute Gasteiger partial charge is 0.0417 e. The first-order valence-corrected chi connectivity index (χ1v) is 7.30. The molecule has 0 heterocycles. The fraction of sp³-hybridized carbons (Fsp3) is 1.00. The monoisotopic (exact) mass is 210 g/mol. The minimum absolute atomic E-state index is 0.964. The third kappa shape index (κ3) is 6.22. The Kier molecular flexibility index (Phi) is 7.13. The van der Waals surface area contributed by atoms with Crippen LogP contribution >= 0.6 is 0 Å². The van der Waals surface area contributed by atoms with Crippen LogP contribution in [0, 0.1) is 11.8 Å². The van der Waals surface area contributed by atoms with Gasteiger partial charge in [0.15, 0.2) is 0 Å². The molecule has 1 saturated carbocycles. The molecule has 0 aromatic heterocycles. The molecule has 15 heavy (non-hydrogen) atoms. The number of hydrogen-bond donors (Lipinski definition) is 0. The van der Waals surface area contributed by atoms with Crippen LogP contribution in [-0.2, 0) is 0 Å². The van der Waals surface area contributed by atoms with Gasteiger partial charge < -0.3 is 0 Å². The Morgan fingerprint density at radius 3 is 1.07 bits per heavy atom. The molecular weight excluding hydrogens is 180 g/mol. The van der Waals surface area contributed by atoms with Crippen LogP contribution in [0.1, 0.15) is 84.5 Å². The van der Waals surface area contributed by atoms with Crippen LogP contribution in [0.4, 0.5) is 0 Å². The van der Waals surface area contributed by atoms with Crippen LogP contribution in [0.5, 0.6) is 0 Å². The molecule has 2 unspecified atom stereocenters. The molecule has 0 nitrogen and oxygen atoms in total. The zero-order valence-electron chi connectivity index (χ0n) is 10.9. The quantitative estimate of drug-likeness (QED) is 0.491. The molecule has 0 aromatic rings. The van der Waals surface area contributed by atoms with Crippen molar-refractivity contribution in [1.82, 2.24) is 0 Å². The highest BCUT2D eigenvalue weighted by atomic mass is 14.2. The van der Waals surface area contributed by atoms with Crippen LogP contribution < -0.4 is 0 Å². The van der Waals surface area contributed by atoms with E-state index in [2.05, 4.69) is 13.8 Å². The van der Waals surface area contributed by atoms with Gasteiger partial charge in [-0.2, -0.15) is 0 Å². The van der Waals surface area contributed by atoms with Gasteiger partial charge in [-0.25, -0.2) is 0 Å². The molecule has 2 atom stereocenters. The molecule has 0 amide bonds. The minimum atomic E-state index is 0.964. The maximum absolute atomic E-state index is 2.46. The standard InChI is InChI=1S/C15H30/c1-14-12-10-8-6-4-3-5-7-9-11-13-15(14)2/h14-15H,3-13H2,1-2H3. The van der Waals surface area contributed by atoms with Crippen molar-refractivity contribution in [1.29, 1.82) is 0 Å². The summed E-state index contributed by atoms with van der Waals surface area (Å²) in [5, 5.41) is 0.